The summed E-state index contributed by atoms with van der Waals surface area (Å²) in [6.07, 6.45) is 4.55. The number of fused-ring (bicyclic) bond motifs is 1. The molecule has 34 heavy (non-hydrogen) atoms. The van der Waals surface area contributed by atoms with Gasteiger partial charge in [0.15, 0.2) is 0 Å². The Morgan fingerprint density at radius 3 is 2.56 bits per heavy atom. The number of carbonyl (C=O) groups is 1. The normalized spacial score (nSPS) is 11.8. The van der Waals surface area contributed by atoms with Gasteiger partial charge in [-0.2, -0.15) is 4.31 Å². The van der Waals surface area contributed by atoms with Gasteiger partial charge < -0.3 is 14.9 Å². The van der Waals surface area contributed by atoms with E-state index in [1.54, 1.807) is 20.0 Å². The van der Waals surface area contributed by atoms with Gasteiger partial charge in [0.1, 0.15) is 5.82 Å². The number of aromatic nitrogens is 3. The molecule has 11 heteroatoms. The molecule has 0 saturated carbocycles. The second-order valence-corrected chi connectivity index (χ2v) is 9.37. The van der Waals surface area contributed by atoms with Crippen LogP contribution in [0.4, 0.5) is 10.1 Å². The third kappa shape index (κ3) is 4.35. The molecule has 0 aliphatic rings. The summed E-state index contributed by atoms with van der Waals surface area (Å²) in [5.74, 6) is -1.26. The highest BCUT2D eigenvalue weighted by Crippen LogP contribution is 2.24. The van der Waals surface area contributed by atoms with E-state index in [0.29, 0.717) is 5.52 Å². The van der Waals surface area contributed by atoms with Crippen LogP contribution in [0.25, 0.3) is 16.6 Å². The molecule has 1 amide bonds. The molecular formula is C23H22FN5O4S. The average Bonchev–Trinajstić information content (AvgIpc) is 3.33. The zero-order valence-corrected chi connectivity index (χ0v) is 19.3. The summed E-state index contributed by atoms with van der Waals surface area (Å²) in [6.45, 7) is 4.04. The van der Waals surface area contributed by atoms with E-state index in [9.17, 15) is 22.4 Å². The minimum Gasteiger partial charge on any atom is -0.322 e. The Bertz CT molecular complexity index is 1530. The number of imidazole rings is 1. The van der Waals surface area contributed by atoms with E-state index < -0.39 is 27.3 Å². The molecule has 176 valence electrons. The van der Waals surface area contributed by atoms with Crippen LogP contribution < -0.4 is 10.9 Å². The molecule has 0 fully saturated rings. The summed E-state index contributed by atoms with van der Waals surface area (Å²) in [4.78, 5) is 31.7. The van der Waals surface area contributed by atoms with Gasteiger partial charge in [-0.05, 0) is 36.4 Å². The minimum absolute atomic E-state index is 0.000489. The van der Waals surface area contributed by atoms with Crippen LogP contribution in [0.2, 0.25) is 0 Å². The van der Waals surface area contributed by atoms with Crippen LogP contribution in [-0.2, 0) is 10.0 Å². The van der Waals surface area contributed by atoms with Crippen molar-refractivity contribution in [1.82, 2.24) is 18.8 Å². The second kappa shape index (κ2) is 9.20. The predicted octanol–water partition coefficient (Wildman–Crippen LogP) is 3.14. The molecule has 4 rings (SSSR count). The highest BCUT2D eigenvalue weighted by molar-refractivity contribution is 7.89. The Kier molecular flexibility index (Phi) is 6.31. The number of sulfonamides is 1. The lowest BCUT2D eigenvalue weighted by Crippen LogP contribution is -2.30. The molecule has 0 bridgehead atoms. The fraction of sp³-hybridized carbons (Fsp3) is 0.174. The summed E-state index contributed by atoms with van der Waals surface area (Å²) in [5.41, 5.74) is 0.168. The zero-order valence-electron chi connectivity index (χ0n) is 18.4. The minimum atomic E-state index is -3.78. The van der Waals surface area contributed by atoms with Crippen molar-refractivity contribution in [3.63, 3.8) is 0 Å². The number of aromatic amines is 1. The number of amides is 1. The SMILES string of the molecule is CCN(CC)S(=O)(=O)c1ccc2[nH]c(=O)cc(C(=O)Nc3ccc(-n4ccnc4)c(F)c3)c2c1. The number of nitrogens with zero attached hydrogens (tertiary/aromatic N) is 3. The van der Waals surface area contributed by atoms with Gasteiger partial charge in [-0.3, -0.25) is 9.59 Å². The first-order valence-corrected chi connectivity index (χ1v) is 11.9. The van der Waals surface area contributed by atoms with E-state index >= 15 is 0 Å². The molecule has 0 atom stereocenters. The summed E-state index contributed by atoms with van der Waals surface area (Å²) in [7, 11) is -3.78. The molecule has 2 heterocycles. The number of anilines is 1. The van der Waals surface area contributed by atoms with E-state index in [-0.39, 0.29) is 40.3 Å². The van der Waals surface area contributed by atoms with Crippen molar-refractivity contribution in [2.24, 2.45) is 0 Å². The standard InChI is InChI=1S/C23H22FN5O4S/c1-3-29(4-2)34(32,33)16-6-7-20-17(12-16)18(13-22(30)27-20)23(31)26-15-5-8-21(19(24)11-15)28-10-9-25-14-28/h5-14H,3-4H2,1-2H3,(H,26,31)(H,27,30). The molecule has 2 N–H and O–H groups in total. The molecular weight excluding hydrogens is 461 g/mol. The van der Waals surface area contributed by atoms with Crippen molar-refractivity contribution in [3.8, 4) is 5.69 Å². The Morgan fingerprint density at radius 2 is 1.91 bits per heavy atom. The number of rotatable bonds is 7. The van der Waals surface area contributed by atoms with E-state index in [2.05, 4.69) is 15.3 Å². The Hall–Kier alpha value is -3.83. The zero-order chi connectivity index (χ0) is 24.5. The first kappa shape index (κ1) is 23.3. The monoisotopic (exact) mass is 483 g/mol. The first-order chi connectivity index (χ1) is 16.2. The fourth-order valence-corrected chi connectivity index (χ4v) is 5.17. The van der Waals surface area contributed by atoms with Crippen molar-refractivity contribution >= 4 is 32.5 Å². The summed E-state index contributed by atoms with van der Waals surface area (Å²) in [6, 6.07) is 9.43. The lowest BCUT2D eigenvalue weighted by molar-refractivity contribution is 0.102. The number of benzene rings is 2. The molecule has 2 aromatic carbocycles. The van der Waals surface area contributed by atoms with Gasteiger partial charge in [0, 0.05) is 48.1 Å². The van der Waals surface area contributed by atoms with Crippen molar-refractivity contribution in [2.45, 2.75) is 18.7 Å². The van der Waals surface area contributed by atoms with Crippen LogP contribution >= 0.6 is 0 Å². The molecule has 0 radical (unpaired) electrons. The third-order valence-electron chi connectivity index (χ3n) is 5.39. The number of nitrogens with one attached hydrogen (secondary N) is 2. The lowest BCUT2D eigenvalue weighted by Gasteiger charge is -2.19. The quantitative estimate of drug-likeness (QED) is 0.419. The maximum Gasteiger partial charge on any atom is 0.256 e. The summed E-state index contributed by atoms with van der Waals surface area (Å²) < 4.78 is 43.3. The highest BCUT2D eigenvalue weighted by Gasteiger charge is 2.23. The van der Waals surface area contributed by atoms with Gasteiger partial charge in [-0.15, -0.1) is 0 Å². The molecule has 0 unspecified atom stereocenters. The molecule has 0 spiro atoms. The fourth-order valence-electron chi connectivity index (χ4n) is 3.69. The molecule has 0 aliphatic carbocycles. The van der Waals surface area contributed by atoms with E-state index in [0.717, 1.165) is 12.1 Å². The number of hydrogen-bond donors (Lipinski definition) is 2. The van der Waals surface area contributed by atoms with Crippen molar-refractivity contribution in [1.29, 1.82) is 0 Å². The highest BCUT2D eigenvalue weighted by atomic mass is 32.2. The number of carbonyl (C=O) groups excluding carboxylic acids is 1. The van der Waals surface area contributed by atoms with Crippen LogP contribution in [0.15, 0.2) is 70.9 Å². The molecule has 0 saturated heterocycles. The van der Waals surface area contributed by atoms with Gasteiger partial charge >= 0.3 is 0 Å². The van der Waals surface area contributed by atoms with E-state index in [1.807, 2.05) is 0 Å². The Balaban J connectivity index is 1.73. The van der Waals surface area contributed by atoms with Crippen molar-refractivity contribution < 1.29 is 17.6 Å². The molecule has 2 aromatic heterocycles. The van der Waals surface area contributed by atoms with Crippen molar-refractivity contribution in [2.75, 3.05) is 18.4 Å². The number of halogens is 1. The summed E-state index contributed by atoms with van der Waals surface area (Å²) >= 11 is 0. The van der Waals surface area contributed by atoms with Gasteiger partial charge in [0.2, 0.25) is 15.6 Å². The Labute approximate surface area is 194 Å². The maximum absolute atomic E-state index is 14.6. The van der Waals surface area contributed by atoms with Crippen LogP contribution in [0.1, 0.15) is 24.2 Å². The lowest BCUT2D eigenvalue weighted by atomic mass is 10.1. The van der Waals surface area contributed by atoms with E-state index in [4.69, 9.17) is 0 Å². The summed E-state index contributed by atoms with van der Waals surface area (Å²) in [5, 5.41) is 2.83. The van der Waals surface area contributed by atoms with Gasteiger partial charge in [-0.25, -0.2) is 17.8 Å². The second-order valence-electron chi connectivity index (χ2n) is 7.43. The van der Waals surface area contributed by atoms with Crippen LogP contribution in [-0.4, -0.2) is 46.3 Å². The largest absolute Gasteiger partial charge is 0.322 e. The smallest absolute Gasteiger partial charge is 0.256 e. The van der Waals surface area contributed by atoms with Crippen LogP contribution in [0.3, 0.4) is 0 Å². The average molecular weight is 484 g/mol. The molecule has 0 aliphatic heterocycles. The van der Waals surface area contributed by atoms with E-state index in [1.165, 1.54) is 51.7 Å². The molecule has 4 aromatic rings. The van der Waals surface area contributed by atoms with Crippen molar-refractivity contribution in [3.05, 3.63) is 82.9 Å². The van der Waals surface area contributed by atoms with Crippen LogP contribution in [0.5, 0.6) is 0 Å². The van der Waals surface area contributed by atoms with Gasteiger partial charge in [-0.1, -0.05) is 13.8 Å². The molecule has 9 nitrogen and oxygen atoms in total. The first-order valence-electron chi connectivity index (χ1n) is 10.5. The van der Waals surface area contributed by atoms with Gasteiger partial charge in [0.25, 0.3) is 5.91 Å². The number of H-pyrrole nitrogens is 1. The van der Waals surface area contributed by atoms with Crippen LogP contribution in [0, 0.1) is 5.82 Å². The Morgan fingerprint density at radius 1 is 1.15 bits per heavy atom. The predicted molar refractivity (Wildman–Crippen MR) is 126 cm³/mol. The topological polar surface area (TPSA) is 117 Å². The number of pyridine rings is 1. The number of hydrogen-bond acceptors (Lipinski definition) is 5. The third-order valence-corrected chi connectivity index (χ3v) is 7.44. The maximum atomic E-state index is 14.6. The van der Waals surface area contributed by atoms with Gasteiger partial charge in [0.05, 0.1) is 22.5 Å².